The van der Waals surface area contributed by atoms with Gasteiger partial charge in [-0.05, 0) is 18.6 Å². The van der Waals surface area contributed by atoms with Crippen LogP contribution < -0.4 is 0 Å². The molecule has 3 aliphatic rings. The van der Waals surface area contributed by atoms with Gasteiger partial charge in [-0.2, -0.15) is 5.06 Å². The van der Waals surface area contributed by atoms with E-state index in [-0.39, 0.29) is 18.0 Å². The lowest BCUT2D eigenvalue weighted by Crippen LogP contribution is -2.72. The van der Waals surface area contributed by atoms with Gasteiger partial charge in [0.15, 0.2) is 17.9 Å². The number of amides is 1. The summed E-state index contributed by atoms with van der Waals surface area (Å²) in [6, 6.07) is 7.89. The van der Waals surface area contributed by atoms with E-state index in [1.54, 1.807) is 12.1 Å². The predicted molar refractivity (Wildman–Crippen MR) is 87.6 cm³/mol. The molecule has 2 bridgehead atoms. The third-order valence-corrected chi connectivity index (χ3v) is 4.45. The molecule has 0 spiro atoms. The Morgan fingerprint density at radius 1 is 1.19 bits per heavy atom. The van der Waals surface area contributed by atoms with Crippen molar-refractivity contribution in [3.05, 3.63) is 47.5 Å². The van der Waals surface area contributed by atoms with Crippen molar-refractivity contribution in [3.63, 3.8) is 0 Å². The number of rotatable bonds is 5. The van der Waals surface area contributed by atoms with Crippen LogP contribution in [-0.4, -0.2) is 54.9 Å². The summed E-state index contributed by atoms with van der Waals surface area (Å²) in [6.45, 7) is 1.34. The highest BCUT2D eigenvalue weighted by Crippen LogP contribution is 2.40. The minimum Gasteiger partial charge on any atom is -0.443 e. The lowest BCUT2D eigenvalue weighted by atomic mass is 9.82. The van der Waals surface area contributed by atoms with Crippen molar-refractivity contribution in [1.29, 1.82) is 0 Å². The molecule has 0 saturated carbocycles. The second-order valence-electron chi connectivity index (χ2n) is 5.91. The van der Waals surface area contributed by atoms with Gasteiger partial charge in [-0.15, -0.1) is 0 Å². The largest absolute Gasteiger partial charge is 0.443 e. The molecule has 1 aromatic carbocycles. The van der Waals surface area contributed by atoms with Crippen LogP contribution in [0.25, 0.3) is 0 Å². The zero-order valence-electron chi connectivity index (χ0n) is 14.6. The molecule has 2 atom stereocenters. The van der Waals surface area contributed by atoms with Gasteiger partial charge in [0.1, 0.15) is 6.61 Å². The minimum atomic E-state index is -1.83. The molecule has 8 nitrogen and oxygen atoms in total. The standard InChI is InChI=1S/C18H19NO7/c1-11(20)13-9-14-16(21)18(23-2,24-3)15(13)19(26-14)17(22)25-10-12-7-5-4-6-8-12/h4-9,14-15H,10H2,1-3H3/t14-,15+/m0/s1. The van der Waals surface area contributed by atoms with E-state index < -0.39 is 29.8 Å². The maximum Gasteiger partial charge on any atom is 0.435 e. The molecule has 1 saturated heterocycles. The molecule has 2 aliphatic heterocycles. The van der Waals surface area contributed by atoms with Gasteiger partial charge in [-0.1, -0.05) is 30.3 Å². The molecular formula is C18H19NO7. The topological polar surface area (TPSA) is 91.4 Å². The van der Waals surface area contributed by atoms with Crippen LogP contribution in [0, 0.1) is 0 Å². The van der Waals surface area contributed by atoms with Gasteiger partial charge in [0, 0.05) is 19.8 Å². The molecule has 26 heavy (non-hydrogen) atoms. The second-order valence-corrected chi connectivity index (χ2v) is 5.91. The molecule has 0 aromatic heterocycles. The first kappa shape index (κ1) is 18.2. The highest BCUT2D eigenvalue weighted by Gasteiger charge is 2.64. The SMILES string of the molecule is COC1(OC)C(=O)[C@@H]2C=C(C(C)=O)[C@H]1N(C(=O)OCc1ccccc1)O2. The van der Waals surface area contributed by atoms with Crippen molar-refractivity contribution in [2.75, 3.05) is 14.2 Å². The number of ether oxygens (including phenoxy) is 3. The number of Topliss-reactive ketones (excluding diaryl/α,β-unsaturated/α-hetero) is 2. The highest BCUT2D eigenvalue weighted by molar-refractivity contribution is 6.04. The smallest absolute Gasteiger partial charge is 0.435 e. The molecule has 0 N–H and O–H groups in total. The summed E-state index contributed by atoms with van der Waals surface area (Å²) in [7, 11) is 2.54. The molecule has 1 fully saturated rings. The maximum atomic E-state index is 12.6. The van der Waals surface area contributed by atoms with E-state index in [1.807, 2.05) is 18.2 Å². The van der Waals surface area contributed by atoms with E-state index in [0.29, 0.717) is 0 Å². The van der Waals surface area contributed by atoms with Gasteiger partial charge < -0.3 is 14.2 Å². The summed E-state index contributed by atoms with van der Waals surface area (Å²) >= 11 is 0. The number of methoxy groups -OCH3 is 2. The number of hydroxylamine groups is 2. The van der Waals surface area contributed by atoms with Crippen LogP contribution in [0.1, 0.15) is 12.5 Å². The third kappa shape index (κ3) is 2.82. The number of hydrogen-bond donors (Lipinski definition) is 0. The molecule has 4 rings (SSSR count). The average molecular weight is 361 g/mol. The number of fused-ring (bicyclic) bond motifs is 2. The first-order chi connectivity index (χ1) is 12.4. The van der Waals surface area contributed by atoms with Crippen molar-refractivity contribution in [2.45, 2.75) is 31.5 Å². The lowest BCUT2D eigenvalue weighted by Gasteiger charge is -2.50. The molecule has 8 heteroatoms. The fourth-order valence-corrected chi connectivity index (χ4v) is 3.16. The Kier molecular flexibility index (Phi) is 4.90. The van der Waals surface area contributed by atoms with Crippen LogP contribution in [-0.2, 0) is 35.2 Å². The first-order valence-electron chi connectivity index (χ1n) is 7.98. The number of carbonyl (C=O) groups excluding carboxylic acids is 3. The predicted octanol–water partition coefficient (Wildman–Crippen LogP) is 1.39. The molecule has 0 unspecified atom stereocenters. The Morgan fingerprint density at radius 2 is 1.85 bits per heavy atom. The quantitative estimate of drug-likeness (QED) is 0.732. The Bertz CT molecular complexity index is 754. The Morgan fingerprint density at radius 3 is 2.42 bits per heavy atom. The second kappa shape index (κ2) is 6.99. The van der Waals surface area contributed by atoms with Crippen molar-refractivity contribution >= 4 is 17.7 Å². The molecule has 2 heterocycles. The van der Waals surface area contributed by atoms with Crippen LogP contribution in [0.2, 0.25) is 0 Å². The molecule has 138 valence electrons. The monoisotopic (exact) mass is 361 g/mol. The van der Waals surface area contributed by atoms with Crippen molar-refractivity contribution in [1.82, 2.24) is 5.06 Å². The number of hydrogen-bond acceptors (Lipinski definition) is 7. The lowest BCUT2D eigenvalue weighted by molar-refractivity contribution is -0.308. The minimum absolute atomic E-state index is 0.0109. The van der Waals surface area contributed by atoms with Crippen LogP contribution in [0.15, 0.2) is 42.0 Å². The van der Waals surface area contributed by atoms with Gasteiger partial charge in [0.05, 0.1) is 0 Å². The van der Waals surface area contributed by atoms with Crippen LogP contribution in [0.4, 0.5) is 4.79 Å². The van der Waals surface area contributed by atoms with E-state index in [2.05, 4.69) is 0 Å². The number of benzene rings is 1. The zero-order valence-corrected chi connectivity index (χ0v) is 14.6. The molecular weight excluding hydrogens is 342 g/mol. The van der Waals surface area contributed by atoms with Gasteiger partial charge in [-0.3, -0.25) is 14.4 Å². The first-order valence-corrected chi connectivity index (χ1v) is 7.98. The van der Waals surface area contributed by atoms with Crippen molar-refractivity contribution in [2.24, 2.45) is 0 Å². The Balaban J connectivity index is 1.88. The summed E-state index contributed by atoms with van der Waals surface area (Å²) in [6.07, 6.45) is -0.642. The summed E-state index contributed by atoms with van der Waals surface area (Å²) in [4.78, 5) is 42.6. The van der Waals surface area contributed by atoms with E-state index >= 15 is 0 Å². The number of ketones is 2. The fraction of sp³-hybridized carbons (Fsp3) is 0.389. The zero-order chi connectivity index (χ0) is 18.9. The fourth-order valence-electron chi connectivity index (χ4n) is 3.16. The van der Waals surface area contributed by atoms with Crippen LogP contribution in [0.3, 0.4) is 0 Å². The average Bonchev–Trinajstić information content (AvgIpc) is 2.67. The molecule has 0 radical (unpaired) electrons. The molecule has 1 aromatic rings. The van der Waals surface area contributed by atoms with Gasteiger partial charge >= 0.3 is 6.09 Å². The maximum absolute atomic E-state index is 12.6. The van der Waals surface area contributed by atoms with Crippen molar-refractivity contribution < 1.29 is 33.4 Å². The highest BCUT2D eigenvalue weighted by atomic mass is 16.8. The summed E-state index contributed by atoms with van der Waals surface area (Å²) < 4.78 is 15.9. The summed E-state index contributed by atoms with van der Waals surface area (Å²) in [5.41, 5.74) is 0.979. The summed E-state index contributed by atoms with van der Waals surface area (Å²) in [5.74, 6) is -2.68. The molecule has 1 amide bonds. The van der Waals surface area contributed by atoms with Gasteiger partial charge in [-0.25, -0.2) is 4.79 Å². The number of carbonyl (C=O) groups is 3. The molecule has 1 aliphatic carbocycles. The van der Waals surface area contributed by atoms with Crippen LogP contribution >= 0.6 is 0 Å². The van der Waals surface area contributed by atoms with E-state index in [0.717, 1.165) is 10.6 Å². The third-order valence-electron chi connectivity index (χ3n) is 4.45. The normalized spacial score (nSPS) is 23.6. The van der Waals surface area contributed by atoms with Crippen LogP contribution in [0.5, 0.6) is 0 Å². The van der Waals surface area contributed by atoms with E-state index in [1.165, 1.54) is 27.2 Å². The van der Waals surface area contributed by atoms with Gasteiger partial charge in [0.25, 0.3) is 5.79 Å². The van der Waals surface area contributed by atoms with E-state index in [4.69, 9.17) is 19.0 Å². The number of nitrogens with zero attached hydrogens (tertiary/aromatic N) is 1. The van der Waals surface area contributed by atoms with Crippen molar-refractivity contribution in [3.8, 4) is 0 Å². The van der Waals surface area contributed by atoms with Gasteiger partial charge in [0.2, 0.25) is 5.78 Å². The van der Waals surface area contributed by atoms with E-state index in [9.17, 15) is 14.4 Å². The Hall–Kier alpha value is -2.55. The summed E-state index contributed by atoms with van der Waals surface area (Å²) in [5, 5.41) is 0.846. The Labute approximate surface area is 150 Å².